The maximum atomic E-state index is 8.56. The fraction of sp³-hybridized carbons (Fsp3) is 0. The lowest BCUT2D eigenvalue weighted by Crippen LogP contribution is -1.77. The van der Waals surface area contributed by atoms with Crippen LogP contribution in [-0.4, -0.2) is 0 Å². The fourth-order valence-corrected chi connectivity index (χ4v) is 0.824. The van der Waals surface area contributed by atoms with Gasteiger partial charge in [0, 0.05) is 11.1 Å². The van der Waals surface area contributed by atoms with Gasteiger partial charge in [-0.2, -0.15) is 5.26 Å². The topological polar surface area (TPSA) is 28.1 Å². The summed E-state index contributed by atoms with van der Waals surface area (Å²) in [7, 11) is 0. The summed E-state index contributed by atoms with van der Waals surface area (Å²) in [5.74, 6) is 2.38. The molecule has 1 aromatic rings. The lowest BCUT2D eigenvalue weighted by atomic mass is 10.1. The highest BCUT2D eigenvalue weighted by Crippen LogP contribution is 2.16. The Labute approximate surface area is 70.9 Å². The summed E-state index contributed by atoms with van der Waals surface area (Å²) in [6, 6.07) is 6.60. The Hall–Kier alpha value is -2.24. The summed E-state index contributed by atoms with van der Waals surface area (Å²) in [5, 5.41) is 8.56. The van der Waals surface area contributed by atoms with Crippen molar-refractivity contribution in [2.45, 2.75) is 0 Å². The third kappa shape index (κ3) is 1.43. The highest BCUT2D eigenvalue weighted by molar-refractivity contribution is 5.56. The highest BCUT2D eigenvalue weighted by atomic mass is 14.6. The summed E-state index contributed by atoms with van der Waals surface area (Å²) in [6.07, 6.45) is 5.13. The van der Waals surface area contributed by atoms with Gasteiger partial charge in [-0.25, -0.2) is 4.85 Å². The second kappa shape index (κ2) is 3.24. The SMILES string of the molecule is [C-]#[N+]c1cc(C#C)cc(C#N)c1. The minimum atomic E-state index is 0.405. The molecular formula is C10H4N2. The van der Waals surface area contributed by atoms with Crippen LogP contribution < -0.4 is 0 Å². The Morgan fingerprint density at radius 2 is 2.00 bits per heavy atom. The van der Waals surface area contributed by atoms with Crippen LogP contribution in [0, 0.1) is 30.2 Å². The molecule has 2 nitrogen and oxygen atoms in total. The number of hydrogen-bond acceptors (Lipinski definition) is 1. The molecule has 0 aliphatic rings. The minimum Gasteiger partial charge on any atom is -0.238 e. The first kappa shape index (κ1) is 7.86. The van der Waals surface area contributed by atoms with Gasteiger partial charge in [-0.3, -0.25) is 0 Å². The fourth-order valence-electron chi connectivity index (χ4n) is 0.824. The summed E-state index contributed by atoms with van der Waals surface area (Å²) in [6.45, 7) is 6.73. The van der Waals surface area contributed by atoms with Gasteiger partial charge in [0.2, 0.25) is 0 Å². The Morgan fingerprint density at radius 3 is 2.50 bits per heavy atom. The van der Waals surface area contributed by atoms with Crippen LogP contribution in [0.3, 0.4) is 0 Å². The molecule has 0 aromatic heterocycles. The Bertz CT molecular complexity index is 346. The van der Waals surface area contributed by atoms with Crippen LogP contribution >= 0.6 is 0 Å². The molecule has 0 bridgehead atoms. The summed E-state index contributed by atoms with van der Waals surface area (Å²) >= 11 is 0. The van der Waals surface area contributed by atoms with Crippen molar-refractivity contribution in [3.05, 3.63) is 40.7 Å². The first-order valence-corrected chi connectivity index (χ1v) is 3.19. The molecular weight excluding hydrogens is 148 g/mol. The van der Waals surface area contributed by atoms with E-state index in [1.165, 1.54) is 6.07 Å². The molecule has 0 unspecified atom stereocenters. The van der Waals surface area contributed by atoms with Crippen molar-refractivity contribution in [3.63, 3.8) is 0 Å². The van der Waals surface area contributed by atoms with Crippen LogP contribution in [0.25, 0.3) is 4.85 Å². The van der Waals surface area contributed by atoms with E-state index >= 15 is 0 Å². The van der Waals surface area contributed by atoms with Crippen LogP contribution in [0.1, 0.15) is 11.1 Å². The molecule has 0 saturated heterocycles. The Morgan fingerprint density at radius 1 is 1.33 bits per heavy atom. The van der Waals surface area contributed by atoms with Crippen LogP contribution in [-0.2, 0) is 0 Å². The maximum Gasteiger partial charge on any atom is 0.189 e. The zero-order valence-electron chi connectivity index (χ0n) is 6.20. The van der Waals surface area contributed by atoms with Crippen molar-refractivity contribution in [2.75, 3.05) is 0 Å². The van der Waals surface area contributed by atoms with Gasteiger partial charge in [-0.1, -0.05) is 5.92 Å². The molecule has 0 N–H and O–H groups in total. The molecule has 0 fully saturated rings. The molecule has 54 valence electrons. The average Bonchev–Trinajstić information content (AvgIpc) is 2.16. The van der Waals surface area contributed by atoms with Crippen molar-refractivity contribution in [1.82, 2.24) is 0 Å². The predicted octanol–water partition coefficient (Wildman–Crippen LogP) is 2.09. The van der Waals surface area contributed by atoms with Crippen molar-refractivity contribution in [3.8, 4) is 18.4 Å². The highest BCUT2D eigenvalue weighted by Gasteiger charge is 1.97. The summed E-state index contributed by atoms with van der Waals surface area (Å²) in [5.41, 5.74) is 1.40. The standard InChI is InChI=1S/C10H4N2/c1-3-8-4-9(7-11)6-10(5-8)12-2/h1,4-6H. The van der Waals surface area contributed by atoms with E-state index in [-0.39, 0.29) is 0 Å². The molecule has 0 aliphatic heterocycles. The maximum absolute atomic E-state index is 8.56. The molecule has 0 amide bonds. The second-order valence-electron chi connectivity index (χ2n) is 2.14. The van der Waals surface area contributed by atoms with Gasteiger partial charge in [-0.15, -0.1) is 6.42 Å². The van der Waals surface area contributed by atoms with Gasteiger partial charge in [-0.05, 0) is 18.2 Å². The molecule has 2 heteroatoms. The molecule has 0 saturated carbocycles. The predicted molar refractivity (Wildman–Crippen MR) is 45.4 cm³/mol. The molecule has 0 aliphatic carbocycles. The Kier molecular flexibility index (Phi) is 2.12. The number of nitriles is 1. The molecule has 0 radical (unpaired) electrons. The zero-order chi connectivity index (χ0) is 8.97. The van der Waals surface area contributed by atoms with Gasteiger partial charge in [0.1, 0.15) is 0 Å². The minimum absolute atomic E-state index is 0.405. The second-order valence-corrected chi connectivity index (χ2v) is 2.14. The first-order valence-electron chi connectivity index (χ1n) is 3.19. The van der Waals surface area contributed by atoms with Crippen molar-refractivity contribution in [1.29, 1.82) is 5.26 Å². The molecule has 0 atom stereocenters. The van der Waals surface area contributed by atoms with Gasteiger partial charge in [0.25, 0.3) is 0 Å². The number of nitrogens with zero attached hydrogens (tertiary/aromatic N) is 2. The van der Waals surface area contributed by atoms with E-state index in [0.29, 0.717) is 16.8 Å². The average molecular weight is 152 g/mol. The van der Waals surface area contributed by atoms with E-state index < -0.39 is 0 Å². The van der Waals surface area contributed by atoms with Gasteiger partial charge in [0.15, 0.2) is 5.69 Å². The van der Waals surface area contributed by atoms with Crippen LogP contribution in [0.2, 0.25) is 0 Å². The molecule has 1 rings (SSSR count). The van der Waals surface area contributed by atoms with E-state index in [4.69, 9.17) is 18.3 Å². The number of hydrogen-bond donors (Lipinski definition) is 0. The number of rotatable bonds is 0. The van der Waals surface area contributed by atoms with E-state index in [9.17, 15) is 0 Å². The quantitative estimate of drug-likeness (QED) is 0.413. The molecule has 0 heterocycles. The third-order valence-corrected chi connectivity index (χ3v) is 1.34. The van der Waals surface area contributed by atoms with E-state index in [1.807, 2.05) is 6.07 Å². The monoisotopic (exact) mass is 152 g/mol. The van der Waals surface area contributed by atoms with Gasteiger partial charge < -0.3 is 0 Å². The molecule has 12 heavy (non-hydrogen) atoms. The third-order valence-electron chi connectivity index (χ3n) is 1.34. The van der Waals surface area contributed by atoms with Gasteiger partial charge >= 0.3 is 0 Å². The zero-order valence-corrected chi connectivity index (χ0v) is 6.20. The first-order chi connectivity index (χ1) is 5.80. The lowest BCUT2D eigenvalue weighted by molar-refractivity contribution is 1.48. The van der Waals surface area contributed by atoms with E-state index in [1.54, 1.807) is 12.1 Å². The van der Waals surface area contributed by atoms with Crippen LogP contribution in [0.15, 0.2) is 18.2 Å². The van der Waals surface area contributed by atoms with Crippen molar-refractivity contribution < 1.29 is 0 Å². The Balaban J connectivity index is 3.36. The van der Waals surface area contributed by atoms with Crippen molar-refractivity contribution >= 4 is 5.69 Å². The largest absolute Gasteiger partial charge is 0.238 e. The van der Waals surface area contributed by atoms with Crippen LogP contribution in [0.4, 0.5) is 5.69 Å². The van der Waals surface area contributed by atoms with E-state index in [2.05, 4.69) is 10.8 Å². The summed E-state index contributed by atoms with van der Waals surface area (Å²) < 4.78 is 0. The lowest BCUT2D eigenvalue weighted by Gasteiger charge is -1.93. The summed E-state index contributed by atoms with van der Waals surface area (Å²) in [4.78, 5) is 3.19. The van der Waals surface area contributed by atoms with Gasteiger partial charge in [0.05, 0.1) is 12.6 Å². The normalized spacial score (nSPS) is 7.75. The smallest absolute Gasteiger partial charge is 0.189 e. The molecule has 0 spiro atoms. The van der Waals surface area contributed by atoms with E-state index in [0.717, 1.165) is 0 Å². The number of terminal acetylenes is 1. The van der Waals surface area contributed by atoms with Crippen LogP contribution in [0.5, 0.6) is 0 Å². The molecule has 1 aromatic carbocycles. The van der Waals surface area contributed by atoms with Crippen molar-refractivity contribution in [2.24, 2.45) is 0 Å². The number of benzene rings is 1.